The number of amides is 1. The summed E-state index contributed by atoms with van der Waals surface area (Å²) in [5, 5.41) is 0. The Hall–Kier alpha value is -2.16. The predicted molar refractivity (Wildman–Crippen MR) is 66.6 cm³/mol. The summed E-state index contributed by atoms with van der Waals surface area (Å²) < 4.78 is 0. The van der Waals surface area contributed by atoms with Crippen LogP contribution < -0.4 is 5.73 Å². The van der Waals surface area contributed by atoms with E-state index < -0.39 is 0 Å². The third-order valence-electron chi connectivity index (χ3n) is 2.63. The van der Waals surface area contributed by atoms with E-state index in [2.05, 4.69) is 4.98 Å². The van der Waals surface area contributed by atoms with Crippen molar-refractivity contribution in [3.05, 3.63) is 65.5 Å². The van der Waals surface area contributed by atoms with Gasteiger partial charge in [0.05, 0.1) is 0 Å². The summed E-state index contributed by atoms with van der Waals surface area (Å²) in [5.74, 6) is -0.388. The van der Waals surface area contributed by atoms with Gasteiger partial charge in [-0.05, 0) is 42.7 Å². The lowest BCUT2D eigenvalue weighted by Gasteiger charge is -2.02. The Bertz CT molecular complexity index is 491. The highest BCUT2D eigenvalue weighted by Crippen LogP contribution is 2.07. The van der Waals surface area contributed by atoms with Gasteiger partial charge in [0.1, 0.15) is 0 Å². The van der Waals surface area contributed by atoms with Crippen molar-refractivity contribution < 1.29 is 4.79 Å². The van der Waals surface area contributed by atoms with Crippen molar-refractivity contribution in [2.75, 3.05) is 0 Å². The number of benzene rings is 1. The number of aryl methyl sites for hydroxylation is 2. The number of hydrogen-bond acceptors (Lipinski definition) is 2. The van der Waals surface area contributed by atoms with Crippen LogP contribution in [0.15, 0.2) is 48.7 Å². The first-order valence-electron chi connectivity index (χ1n) is 5.54. The van der Waals surface area contributed by atoms with Crippen LogP contribution in [0.25, 0.3) is 0 Å². The van der Waals surface area contributed by atoms with Crippen molar-refractivity contribution in [3.63, 3.8) is 0 Å². The number of nitrogens with zero attached hydrogens (tertiary/aromatic N) is 1. The number of primary amides is 1. The zero-order valence-corrected chi connectivity index (χ0v) is 9.47. The zero-order chi connectivity index (χ0) is 12.1. The average molecular weight is 226 g/mol. The molecule has 1 aromatic heterocycles. The van der Waals surface area contributed by atoms with E-state index in [0.29, 0.717) is 5.56 Å². The fraction of sp³-hybridized carbons (Fsp3) is 0.143. The van der Waals surface area contributed by atoms with E-state index in [1.807, 2.05) is 30.3 Å². The van der Waals surface area contributed by atoms with Gasteiger partial charge in [0.2, 0.25) is 5.91 Å². The summed E-state index contributed by atoms with van der Waals surface area (Å²) in [6, 6.07) is 13.3. The summed E-state index contributed by atoms with van der Waals surface area (Å²) in [4.78, 5) is 15.2. The molecule has 2 aromatic rings. The molecule has 86 valence electrons. The average Bonchev–Trinajstić information content (AvgIpc) is 2.38. The number of rotatable bonds is 4. The SMILES string of the molecule is NC(=O)c1ccc(CCc2ccccn2)cc1. The molecular formula is C14H14N2O. The van der Waals surface area contributed by atoms with Gasteiger partial charge >= 0.3 is 0 Å². The standard InChI is InChI=1S/C14H14N2O/c15-14(17)12-7-4-11(5-8-12)6-9-13-3-1-2-10-16-13/h1-5,7-8,10H,6,9H2,(H2,15,17). The minimum absolute atomic E-state index is 0.388. The molecule has 3 heteroatoms. The lowest BCUT2D eigenvalue weighted by atomic mass is 10.1. The van der Waals surface area contributed by atoms with Crippen LogP contribution in [0.1, 0.15) is 21.6 Å². The van der Waals surface area contributed by atoms with Crippen LogP contribution in [-0.2, 0) is 12.8 Å². The number of carbonyl (C=O) groups excluding carboxylic acids is 1. The first-order chi connectivity index (χ1) is 8.25. The molecule has 1 amide bonds. The summed E-state index contributed by atoms with van der Waals surface area (Å²) in [6.07, 6.45) is 3.61. The molecule has 0 unspecified atom stereocenters. The van der Waals surface area contributed by atoms with Gasteiger partial charge in [-0.1, -0.05) is 18.2 Å². The maximum atomic E-state index is 10.9. The van der Waals surface area contributed by atoms with E-state index in [1.54, 1.807) is 18.3 Å². The Kier molecular flexibility index (Phi) is 3.50. The third kappa shape index (κ3) is 3.14. The van der Waals surface area contributed by atoms with E-state index in [9.17, 15) is 4.79 Å². The number of aromatic nitrogens is 1. The maximum absolute atomic E-state index is 10.9. The monoisotopic (exact) mass is 226 g/mol. The van der Waals surface area contributed by atoms with Gasteiger partial charge in [0, 0.05) is 17.5 Å². The molecule has 0 saturated heterocycles. The Labute approximate surface area is 100 Å². The maximum Gasteiger partial charge on any atom is 0.248 e. The molecule has 0 bridgehead atoms. The van der Waals surface area contributed by atoms with Crippen LogP contribution in [0.4, 0.5) is 0 Å². The highest BCUT2D eigenvalue weighted by Gasteiger charge is 2.00. The van der Waals surface area contributed by atoms with Crippen LogP contribution in [-0.4, -0.2) is 10.9 Å². The van der Waals surface area contributed by atoms with Crippen LogP contribution >= 0.6 is 0 Å². The van der Waals surface area contributed by atoms with Crippen LogP contribution in [0.3, 0.4) is 0 Å². The summed E-state index contributed by atoms with van der Waals surface area (Å²) in [7, 11) is 0. The van der Waals surface area contributed by atoms with Gasteiger partial charge in [-0.2, -0.15) is 0 Å². The van der Waals surface area contributed by atoms with Crippen LogP contribution in [0.2, 0.25) is 0 Å². The zero-order valence-electron chi connectivity index (χ0n) is 9.47. The molecular weight excluding hydrogens is 212 g/mol. The number of hydrogen-bond donors (Lipinski definition) is 1. The second kappa shape index (κ2) is 5.25. The van der Waals surface area contributed by atoms with Gasteiger partial charge < -0.3 is 5.73 Å². The Balaban J connectivity index is 1.98. The minimum Gasteiger partial charge on any atom is -0.366 e. The molecule has 1 aromatic carbocycles. The summed E-state index contributed by atoms with van der Waals surface area (Å²) >= 11 is 0. The van der Waals surface area contributed by atoms with E-state index >= 15 is 0 Å². The fourth-order valence-corrected chi connectivity index (χ4v) is 1.65. The molecule has 0 atom stereocenters. The number of nitrogens with two attached hydrogens (primary N) is 1. The lowest BCUT2D eigenvalue weighted by Crippen LogP contribution is -2.10. The topological polar surface area (TPSA) is 56.0 Å². The van der Waals surface area contributed by atoms with E-state index in [4.69, 9.17) is 5.73 Å². The van der Waals surface area contributed by atoms with Crippen molar-refractivity contribution in [3.8, 4) is 0 Å². The van der Waals surface area contributed by atoms with Crippen molar-refractivity contribution in [1.29, 1.82) is 0 Å². The molecule has 3 nitrogen and oxygen atoms in total. The first-order valence-corrected chi connectivity index (χ1v) is 5.54. The van der Waals surface area contributed by atoms with Crippen molar-refractivity contribution in [2.45, 2.75) is 12.8 Å². The number of pyridine rings is 1. The quantitative estimate of drug-likeness (QED) is 0.866. The van der Waals surface area contributed by atoms with E-state index in [-0.39, 0.29) is 5.91 Å². The smallest absolute Gasteiger partial charge is 0.248 e. The molecule has 2 N–H and O–H groups in total. The van der Waals surface area contributed by atoms with Gasteiger partial charge in [0.15, 0.2) is 0 Å². The molecule has 17 heavy (non-hydrogen) atoms. The van der Waals surface area contributed by atoms with E-state index in [0.717, 1.165) is 18.5 Å². The van der Waals surface area contributed by atoms with E-state index in [1.165, 1.54) is 5.56 Å². The molecule has 1 heterocycles. The van der Waals surface area contributed by atoms with Crippen LogP contribution in [0, 0.1) is 0 Å². The second-order valence-corrected chi connectivity index (χ2v) is 3.88. The predicted octanol–water partition coefficient (Wildman–Crippen LogP) is 1.97. The number of carbonyl (C=O) groups is 1. The lowest BCUT2D eigenvalue weighted by molar-refractivity contribution is 0.100. The van der Waals surface area contributed by atoms with Gasteiger partial charge in [-0.15, -0.1) is 0 Å². The third-order valence-corrected chi connectivity index (χ3v) is 2.63. The molecule has 0 aliphatic carbocycles. The molecule has 2 rings (SSSR count). The molecule has 0 fully saturated rings. The second-order valence-electron chi connectivity index (χ2n) is 3.88. The Morgan fingerprint density at radius 2 is 1.82 bits per heavy atom. The largest absolute Gasteiger partial charge is 0.366 e. The highest BCUT2D eigenvalue weighted by atomic mass is 16.1. The minimum atomic E-state index is -0.388. The summed E-state index contributed by atoms with van der Waals surface area (Å²) in [6.45, 7) is 0. The molecule has 0 aliphatic heterocycles. The Morgan fingerprint density at radius 3 is 2.41 bits per heavy atom. The van der Waals surface area contributed by atoms with Gasteiger partial charge in [0.25, 0.3) is 0 Å². The van der Waals surface area contributed by atoms with Crippen molar-refractivity contribution in [1.82, 2.24) is 4.98 Å². The molecule has 0 saturated carbocycles. The molecule has 0 spiro atoms. The van der Waals surface area contributed by atoms with Crippen molar-refractivity contribution >= 4 is 5.91 Å². The highest BCUT2D eigenvalue weighted by molar-refractivity contribution is 5.92. The van der Waals surface area contributed by atoms with Gasteiger partial charge in [-0.3, -0.25) is 9.78 Å². The fourth-order valence-electron chi connectivity index (χ4n) is 1.65. The van der Waals surface area contributed by atoms with Crippen molar-refractivity contribution in [2.24, 2.45) is 5.73 Å². The summed E-state index contributed by atoms with van der Waals surface area (Å²) in [5.41, 5.74) is 7.98. The molecule has 0 radical (unpaired) electrons. The molecule has 0 aliphatic rings. The normalized spacial score (nSPS) is 10.1. The van der Waals surface area contributed by atoms with Gasteiger partial charge in [-0.25, -0.2) is 0 Å². The Morgan fingerprint density at radius 1 is 1.06 bits per heavy atom. The van der Waals surface area contributed by atoms with Crippen LogP contribution in [0.5, 0.6) is 0 Å². The first kappa shape index (κ1) is 11.3.